The summed E-state index contributed by atoms with van der Waals surface area (Å²) in [4.78, 5) is 25.6. The molecule has 6 rings (SSSR count). The minimum atomic E-state index is -0.620. The number of carbonyl (C=O) groups is 2. The van der Waals surface area contributed by atoms with Gasteiger partial charge in [0.25, 0.3) is 0 Å². The van der Waals surface area contributed by atoms with Crippen LogP contribution >= 0.6 is 0 Å². The topological polar surface area (TPSA) is 159 Å². The van der Waals surface area contributed by atoms with Gasteiger partial charge in [-0.25, -0.2) is 9.59 Å². The number of likely N-dealkylation sites (N-methyl/N-ethyl adjacent to an activating group) is 2. The summed E-state index contributed by atoms with van der Waals surface area (Å²) >= 11 is 0. The molecule has 0 bridgehead atoms. The number of carbonyl (C=O) groups excluding carboxylic acids is 2. The van der Waals surface area contributed by atoms with E-state index in [4.69, 9.17) is 33.2 Å². The Kier molecular flexibility index (Phi) is 17.1. The molecule has 0 amide bonds. The SMILES string of the molecule is COc1cc(C[C@@H]2c3cc(CO)c(CO)cc3CC[N@@+]2(C)CCCOC(=O)C=CC(=O)OCCC[N@+]2(C)CCc3cc(OC)c(OC)cc3[C@H]2Cc2ccc(OC)c(OC)c2)ccc1CO. The fourth-order valence-electron chi connectivity index (χ4n) is 9.91. The van der Waals surface area contributed by atoms with Crippen LogP contribution in [0.15, 0.2) is 72.8 Å². The van der Waals surface area contributed by atoms with Crippen LogP contribution in [-0.2, 0) is 64.6 Å². The van der Waals surface area contributed by atoms with Crippen molar-refractivity contribution in [3.63, 3.8) is 0 Å². The van der Waals surface area contributed by atoms with E-state index in [9.17, 15) is 24.9 Å². The van der Waals surface area contributed by atoms with Crippen LogP contribution in [0.2, 0.25) is 0 Å². The zero-order valence-electron chi connectivity index (χ0n) is 39.6. The van der Waals surface area contributed by atoms with Crippen LogP contribution in [-0.4, -0.2) is 125 Å². The lowest BCUT2D eigenvalue weighted by Crippen LogP contribution is -2.52. The molecular formula is C52H68N2O12+2. The van der Waals surface area contributed by atoms with Gasteiger partial charge in [0.05, 0.1) is 109 Å². The molecule has 0 saturated heterocycles. The molecule has 4 aromatic carbocycles. The van der Waals surface area contributed by atoms with Crippen LogP contribution in [0.25, 0.3) is 0 Å². The highest BCUT2D eigenvalue weighted by Crippen LogP contribution is 2.44. The Labute approximate surface area is 389 Å². The number of quaternary nitrogens is 2. The van der Waals surface area contributed by atoms with E-state index in [0.29, 0.717) is 74.6 Å². The van der Waals surface area contributed by atoms with E-state index in [-0.39, 0.29) is 45.1 Å². The molecule has 4 aromatic rings. The minimum absolute atomic E-state index is 0.00625. The van der Waals surface area contributed by atoms with Gasteiger partial charge < -0.3 is 57.4 Å². The lowest BCUT2D eigenvalue weighted by Gasteiger charge is -2.46. The van der Waals surface area contributed by atoms with Gasteiger partial charge in [-0.1, -0.05) is 24.3 Å². The van der Waals surface area contributed by atoms with Gasteiger partial charge in [-0.3, -0.25) is 0 Å². The van der Waals surface area contributed by atoms with E-state index in [0.717, 1.165) is 78.9 Å². The maximum atomic E-state index is 12.8. The summed E-state index contributed by atoms with van der Waals surface area (Å²) in [6.07, 6.45) is 6.45. The number of fused-ring (bicyclic) bond motifs is 2. The first-order chi connectivity index (χ1) is 31.9. The molecule has 356 valence electrons. The highest BCUT2D eigenvalue weighted by Gasteiger charge is 2.41. The van der Waals surface area contributed by atoms with Crippen molar-refractivity contribution >= 4 is 11.9 Å². The van der Waals surface area contributed by atoms with Crippen molar-refractivity contribution in [3.05, 3.63) is 123 Å². The van der Waals surface area contributed by atoms with Crippen molar-refractivity contribution in [2.45, 2.75) is 70.4 Å². The first kappa shape index (κ1) is 49.8. The normalized spacial score (nSPS) is 20.0. The van der Waals surface area contributed by atoms with Crippen molar-refractivity contribution in [1.29, 1.82) is 0 Å². The molecular weight excluding hydrogens is 845 g/mol. The Morgan fingerprint density at radius 2 is 0.985 bits per heavy atom. The third-order valence-corrected chi connectivity index (χ3v) is 13.8. The summed E-state index contributed by atoms with van der Waals surface area (Å²) in [5, 5.41) is 30.0. The average molecular weight is 913 g/mol. The maximum Gasteiger partial charge on any atom is 0.331 e. The van der Waals surface area contributed by atoms with E-state index in [1.807, 2.05) is 42.5 Å². The number of hydrogen-bond donors (Lipinski definition) is 3. The van der Waals surface area contributed by atoms with Gasteiger partial charge in [0.15, 0.2) is 23.0 Å². The van der Waals surface area contributed by atoms with E-state index >= 15 is 0 Å². The number of nitrogens with zero attached hydrogens (tertiary/aromatic N) is 2. The molecule has 2 aliphatic heterocycles. The van der Waals surface area contributed by atoms with E-state index in [1.54, 1.807) is 35.5 Å². The van der Waals surface area contributed by atoms with E-state index in [2.05, 4.69) is 32.3 Å². The number of aliphatic hydroxyl groups is 3. The van der Waals surface area contributed by atoms with E-state index in [1.165, 1.54) is 11.1 Å². The molecule has 4 atom stereocenters. The molecule has 2 aliphatic rings. The monoisotopic (exact) mass is 912 g/mol. The number of esters is 2. The predicted octanol–water partition coefficient (Wildman–Crippen LogP) is 5.90. The van der Waals surface area contributed by atoms with Crippen LogP contribution < -0.4 is 23.7 Å². The maximum absolute atomic E-state index is 12.8. The molecule has 0 fully saturated rings. The number of aliphatic hydroxyl groups excluding tert-OH is 3. The van der Waals surface area contributed by atoms with E-state index < -0.39 is 11.9 Å². The molecule has 3 N–H and O–H groups in total. The Bertz CT molecular complexity index is 2190. The van der Waals surface area contributed by atoms with Gasteiger partial charge in [-0.15, -0.1) is 0 Å². The Balaban J connectivity index is 1.04. The number of hydrogen-bond acceptors (Lipinski definition) is 12. The van der Waals surface area contributed by atoms with Crippen molar-refractivity contribution in [3.8, 4) is 28.7 Å². The lowest BCUT2D eigenvalue weighted by atomic mass is 9.84. The van der Waals surface area contributed by atoms with Gasteiger partial charge in [0.2, 0.25) is 0 Å². The molecule has 0 radical (unpaired) electrons. The first-order valence-electron chi connectivity index (χ1n) is 22.6. The van der Waals surface area contributed by atoms with Crippen molar-refractivity contribution in [2.75, 3.05) is 89.0 Å². The summed E-state index contributed by atoms with van der Waals surface area (Å²) < 4.78 is 40.6. The van der Waals surface area contributed by atoms with Gasteiger partial charge >= 0.3 is 11.9 Å². The largest absolute Gasteiger partial charge is 0.496 e. The minimum Gasteiger partial charge on any atom is -0.496 e. The summed E-state index contributed by atoms with van der Waals surface area (Å²) in [6, 6.07) is 20.1. The van der Waals surface area contributed by atoms with Crippen molar-refractivity contribution < 1.29 is 67.0 Å². The number of ether oxygens (including phenoxy) is 7. The van der Waals surface area contributed by atoms with Gasteiger partial charge in [-0.2, -0.15) is 0 Å². The number of benzene rings is 4. The first-order valence-corrected chi connectivity index (χ1v) is 22.6. The van der Waals surface area contributed by atoms with Gasteiger partial charge in [0, 0.05) is 67.4 Å². The van der Waals surface area contributed by atoms with Crippen LogP contribution in [0.5, 0.6) is 28.7 Å². The molecule has 0 aliphatic carbocycles. The molecule has 0 spiro atoms. The summed E-state index contributed by atoms with van der Waals surface area (Å²) in [5.41, 5.74) is 8.93. The fraction of sp³-hybridized carbons (Fsp3) is 0.462. The lowest BCUT2D eigenvalue weighted by molar-refractivity contribution is -0.941. The third-order valence-electron chi connectivity index (χ3n) is 13.8. The number of methoxy groups -OCH3 is 5. The second-order valence-electron chi connectivity index (χ2n) is 17.7. The van der Waals surface area contributed by atoms with Gasteiger partial charge in [-0.05, 0) is 69.8 Å². The zero-order valence-corrected chi connectivity index (χ0v) is 39.6. The van der Waals surface area contributed by atoms with Crippen LogP contribution in [0.3, 0.4) is 0 Å². The molecule has 2 heterocycles. The predicted molar refractivity (Wildman–Crippen MR) is 249 cm³/mol. The highest BCUT2D eigenvalue weighted by atomic mass is 16.5. The molecule has 0 unspecified atom stereocenters. The summed E-state index contributed by atoms with van der Waals surface area (Å²) in [6.45, 7) is 3.03. The molecule has 14 heteroatoms. The van der Waals surface area contributed by atoms with Crippen LogP contribution in [0.1, 0.15) is 75.0 Å². The fourth-order valence-corrected chi connectivity index (χ4v) is 9.91. The van der Waals surface area contributed by atoms with Crippen LogP contribution in [0.4, 0.5) is 0 Å². The Hall–Kier alpha value is -5.64. The molecule has 0 saturated carbocycles. The molecule has 14 nitrogen and oxygen atoms in total. The second-order valence-corrected chi connectivity index (χ2v) is 17.7. The highest BCUT2D eigenvalue weighted by molar-refractivity contribution is 5.91. The Morgan fingerprint density at radius 1 is 0.545 bits per heavy atom. The third kappa shape index (κ3) is 11.5. The van der Waals surface area contributed by atoms with Crippen molar-refractivity contribution in [1.82, 2.24) is 0 Å². The second kappa shape index (κ2) is 22.7. The standard InChI is InChI=1S/C52H68N2O12/c1-53(20-16-37-28-40(33-56)41(34-57)29-42(37)44(53)24-35-10-12-39(32-55)47(26-35)61-4)18-8-22-65-51(58)14-15-52(59)66-23-9-19-54(2)21-17-38-30-49(63-6)50(64-7)31-43(38)45(54)25-36-11-13-46(60-3)48(27-36)62-5/h10-15,26-31,44-45,55-57H,8-9,16-25,32-34H2,1-7H3/q+2/t44-,45-,53-,54-/m1/s1. The number of rotatable bonds is 22. The molecule has 0 aromatic heterocycles. The van der Waals surface area contributed by atoms with Gasteiger partial charge in [0.1, 0.15) is 17.8 Å². The summed E-state index contributed by atoms with van der Waals surface area (Å²) in [7, 11) is 12.6. The quantitative estimate of drug-likeness (QED) is 0.0372. The smallest absolute Gasteiger partial charge is 0.331 e. The average Bonchev–Trinajstić information content (AvgIpc) is 3.34. The zero-order chi connectivity index (χ0) is 47.4. The van der Waals surface area contributed by atoms with Crippen molar-refractivity contribution in [2.24, 2.45) is 0 Å². The molecule has 66 heavy (non-hydrogen) atoms. The van der Waals surface area contributed by atoms with Crippen LogP contribution in [0, 0.1) is 0 Å². The summed E-state index contributed by atoms with van der Waals surface area (Å²) in [5.74, 6) is 2.10. The Morgan fingerprint density at radius 3 is 1.50 bits per heavy atom.